The molecule has 2 rings (SSSR count). The molecule has 0 amide bonds. The molecule has 0 saturated carbocycles. The first kappa shape index (κ1) is 13.5. The van der Waals surface area contributed by atoms with Gasteiger partial charge in [0.1, 0.15) is 10.3 Å². The molecule has 0 aromatic carbocycles. The third-order valence-corrected chi connectivity index (χ3v) is 6.42. The molecule has 1 unspecified atom stereocenters. The zero-order chi connectivity index (χ0) is 13.5. The maximum absolute atomic E-state index is 12.3. The summed E-state index contributed by atoms with van der Waals surface area (Å²) in [5, 5.41) is 8.97. The second kappa shape index (κ2) is 4.65. The number of carbonyl (C=O) groups is 1. The normalized spacial score (nSPS) is 20.4. The minimum absolute atomic E-state index is 0.0634. The SMILES string of the molecule is Cc1cc(S(=O)(=O)N2CC=CC2C(=O)O)sc1Cl. The molecule has 0 fully saturated rings. The minimum Gasteiger partial charge on any atom is -0.480 e. The Balaban J connectivity index is 2.40. The fourth-order valence-electron chi connectivity index (χ4n) is 1.63. The Morgan fingerprint density at radius 2 is 2.28 bits per heavy atom. The third-order valence-electron chi connectivity index (χ3n) is 2.56. The summed E-state index contributed by atoms with van der Waals surface area (Å²) in [5.41, 5.74) is 0.666. The number of thiophene rings is 1. The van der Waals surface area contributed by atoms with E-state index in [2.05, 4.69) is 0 Å². The van der Waals surface area contributed by atoms with Crippen molar-refractivity contribution in [3.8, 4) is 0 Å². The van der Waals surface area contributed by atoms with Crippen LogP contribution in [0.1, 0.15) is 5.56 Å². The van der Waals surface area contributed by atoms with Crippen LogP contribution in [0, 0.1) is 6.92 Å². The van der Waals surface area contributed by atoms with Crippen LogP contribution in [-0.2, 0) is 14.8 Å². The predicted octanol–water partition coefficient (Wildman–Crippen LogP) is 1.72. The van der Waals surface area contributed by atoms with Crippen molar-refractivity contribution in [1.82, 2.24) is 4.31 Å². The fraction of sp³-hybridized carbons (Fsp3) is 0.300. The number of sulfonamides is 1. The van der Waals surface area contributed by atoms with Crippen LogP contribution in [0.2, 0.25) is 4.34 Å². The lowest BCUT2D eigenvalue weighted by molar-refractivity contribution is -0.139. The molecule has 0 spiro atoms. The van der Waals surface area contributed by atoms with Gasteiger partial charge in [0, 0.05) is 6.54 Å². The van der Waals surface area contributed by atoms with Gasteiger partial charge in [-0.15, -0.1) is 11.3 Å². The van der Waals surface area contributed by atoms with E-state index in [1.165, 1.54) is 18.2 Å². The zero-order valence-corrected chi connectivity index (χ0v) is 11.7. The summed E-state index contributed by atoms with van der Waals surface area (Å²) < 4.78 is 26.0. The van der Waals surface area contributed by atoms with Crippen LogP contribution in [0.25, 0.3) is 0 Å². The number of hydrogen-bond donors (Lipinski definition) is 1. The van der Waals surface area contributed by atoms with Gasteiger partial charge >= 0.3 is 5.97 Å². The van der Waals surface area contributed by atoms with E-state index in [0.29, 0.717) is 9.90 Å². The van der Waals surface area contributed by atoms with Crippen LogP contribution in [-0.4, -0.2) is 36.4 Å². The number of nitrogens with zero attached hydrogens (tertiary/aromatic N) is 1. The number of aryl methyl sites for hydroxylation is 1. The molecule has 18 heavy (non-hydrogen) atoms. The van der Waals surface area contributed by atoms with Crippen LogP contribution in [0.15, 0.2) is 22.4 Å². The molecule has 1 aliphatic rings. The quantitative estimate of drug-likeness (QED) is 0.863. The largest absolute Gasteiger partial charge is 0.480 e. The van der Waals surface area contributed by atoms with E-state index >= 15 is 0 Å². The standard InChI is InChI=1S/C10H10ClNO4S2/c1-6-5-8(17-9(6)11)18(15,16)12-4-2-3-7(12)10(13)14/h2-3,5,7H,4H2,1H3,(H,13,14). The van der Waals surface area contributed by atoms with Gasteiger partial charge in [-0.2, -0.15) is 4.31 Å². The number of aliphatic carboxylic acids is 1. The summed E-state index contributed by atoms with van der Waals surface area (Å²) in [6.07, 6.45) is 2.89. The molecule has 2 heterocycles. The highest BCUT2D eigenvalue weighted by Gasteiger charge is 2.37. The van der Waals surface area contributed by atoms with Gasteiger partial charge in [0.15, 0.2) is 0 Å². The van der Waals surface area contributed by atoms with Gasteiger partial charge in [-0.1, -0.05) is 23.8 Å². The highest BCUT2D eigenvalue weighted by molar-refractivity contribution is 7.91. The Labute approximate surface area is 113 Å². The lowest BCUT2D eigenvalue weighted by Crippen LogP contribution is -2.40. The van der Waals surface area contributed by atoms with Crippen molar-refractivity contribution >= 4 is 38.9 Å². The Morgan fingerprint density at radius 3 is 2.78 bits per heavy atom. The molecular weight excluding hydrogens is 298 g/mol. The Morgan fingerprint density at radius 1 is 1.61 bits per heavy atom. The smallest absolute Gasteiger partial charge is 0.326 e. The molecule has 1 aromatic rings. The average molecular weight is 308 g/mol. The van der Waals surface area contributed by atoms with Gasteiger partial charge in [-0.25, -0.2) is 8.42 Å². The molecule has 98 valence electrons. The zero-order valence-electron chi connectivity index (χ0n) is 9.33. The van der Waals surface area contributed by atoms with Crippen LogP contribution in [0.4, 0.5) is 0 Å². The van der Waals surface area contributed by atoms with Crippen LogP contribution in [0.5, 0.6) is 0 Å². The predicted molar refractivity (Wildman–Crippen MR) is 68.5 cm³/mol. The van der Waals surface area contributed by atoms with Gasteiger partial charge in [0.25, 0.3) is 10.0 Å². The molecule has 1 aliphatic heterocycles. The maximum Gasteiger partial charge on any atom is 0.326 e. The molecule has 8 heteroatoms. The second-order valence-corrected chi connectivity index (χ2v) is 7.58. The second-order valence-electron chi connectivity index (χ2n) is 3.81. The van der Waals surface area contributed by atoms with Gasteiger partial charge in [-0.3, -0.25) is 4.79 Å². The molecule has 0 aliphatic carbocycles. The average Bonchev–Trinajstić information content (AvgIpc) is 2.87. The highest BCUT2D eigenvalue weighted by Crippen LogP contribution is 2.33. The Hall–Kier alpha value is -0.890. The maximum atomic E-state index is 12.3. The Bertz CT molecular complexity index is 600. The number of hydrogen-bond acceptors (Lipinski definition) is 4. The summed E-state index contributed by atoms with van der Waals surface area (Å²) in [6, 6.07) is 0.315. The van der Waals surface area contributed by atoms with Gasteiger partial charge in [0.2, 0.25) is 0 Å². The Kier molecular flexibility index (Phi) is 3.50. The molecule has 0 saturated heterocycles. The van der Waals surface area contributed by atoms with Gasteiger partial charge in [-0.05, 0) is 18.6 Å². The highest BCUT2D eigenvalue weighted by atomic mass is 35.5. The first-order valence-electron chi connectivity index (χ1n) is 5.01. The number of rotatable bonds is 3. The number of carboxylic acids is 1. The van der Waals surface area contributed by atoms with Crippen molar-refractivity contribution in [3.63, 3.8) is 0 Å². The first-order chi connectivity index (χ1) is 8.34. The molecule has 5 nitrogen and oxygen atoms in total. The fourth-order valence-corrected chi connectivity index (χ4v) is 4.96. The van der Waals surface area contributed by atoms with Crippen molar-refractivity contribution in [2.75, 3.05) is 6.54 Å². The summed E-state index contributed by atoms with van der Waals surface area (Å²) >= 11 is 6.78. The lowest BCUT2D eigenvalue weighted by Gasteiger charge is -2.19. The van der Waals surface area contributed by atoms with E-state index < -0.39 is 22.0 Å². The third kappa shape index (κ3) is 2.18. The summed E-state index contributed by atoms with van der Waals surface area (Å²) in [7, 11) is -3.81. The lowest BCUT2D eigenvalue weighted by atomic mass is 10.3. The van der Waals surface area contributed by atoms with E-state index in [1.54, 1.807) is 6.92 Å². The van der Waals surface area contributed by atoms with Crippen LogP contribution >= 0.6 is 22.9 Å². The number of halogens is 1. The van der Waals surface area contributed by atoms with Crippen molar-refractivity contribution < 1.29 is 18.3 Å². The van der Waals surface area contributed by atoms with Crippen LogP contribution < -0.4 is 0 Å². The van der Waals surface area contributed by atoms with E-state index in [4.69, 9.17) is 16.7 Å². The summed E-state index contributed by atoms with van der Waals surface area (Å²) in [4.78, 5) is 11.0. The van der Waals surface area contributed by atoms with Crippen molar-refractivity contribution in [2.24, 2.45) is 0 Å². The summed E-state index contributed by atoms with van der Waals surface area (Å²) in [6.45, 7) is 1.77. The van der Waals surface area contributed by atoms with E-state index in [-0.39, 0.29) is 10.8 Å². The monoisotopic (exact) mass is 307 g/mol. The number of carboxylic acid groups (broad SMARTS) is 1. The molecule has 1 N–H and O–H groups in total. The van der Waals surface area contributed by atoms with Gasteiger partial charge < -0.3 is 5.11 Å². The molecule has 0 radical (unpaired) electrons. The van der Waals surface area contributed by atoms with Crippen molar-refractivity contribution in [3.05, 3.63) is 28.1 Å². The van der Waals surface area contributed by atoms with E-state index in [1.807, 2.05) is 0 Å². The molecule has 0 bridgehead atoms. The van der Waals surface area contributed by atoms with Crippen molar-refractivity contribution in [1.29, 1.82) is 0 Å². The van der Waals surface area contributed by atoms with E-state index in [0.717, 1.165) is 15.6 Å². The first-order valence-corrected chi connectivity index (χ1v) is 7.64. The summed E-state index contributed by atoms with van der Waals surface area (Å²) in [5.74, 6) is -1.19. The van der Waals surface area contributed by atoms with E-state index in [9.17, 15) is 13.2 Å². The molecular formula is C10H10ClNO4S2. The molecule has 1 atom stereocenters. The molecule has 1 aromatic heterocycles. The topological polar surface area (TPSA) is 74.7 Å². The van der Waals surface area contributed by atoms with Crippen molar-refractivity contribution in [2.45, 2.75) is 17.2 Å². The van der Waals surface area contributed by atoms with Gasteiger partial charge in [0.05, 0.1) is 4.34 Å². The minimum atomic E-state index is -3.81. The van der Waals surface area contributed by atoms with Crippen LogP contribution in [0.3, 0.4) is 0 Å².